The number of carbonyl (C=O) groups excluding carboxylic acids is 2. The zero-order valence-electron chi connectivity index (χ0n) is 5.09. The summed E-state index contributed by atoms with van der Waals surface area (Å²) < 4.78 is 4.79. The Hall–Kier alpha value is -1.38. The SMILES string of the molecule is O=C1CC(=O)c2occc21. The van der Waals surface area contributed by atoms with Crippen LogP contribution >= 0.6 is 0 Å². The molecule has 0 fully saturated rings. The molecule has 0 N–H and O–H groups in total. The van der Waals surface area contributed by atoms with E-state index >= 15 is 0 Å². The molecule has 1 aromatic heterocycles. The normalized spacial score (nSPS) is 16.0. The van der Waals surface area contributed by atoms with E-state index in [0.29, 0.717) is 5.56 Å². The molecule has 0 saturated carbocycles. The van der Waals surface area contributed by atoms with Gasteiger partial charge < -0.3 is 4.42 Å². The summed E-state index contributed by atoms with van der Waals surface area (Å²) in [6.07, 6.45) is 1.34. The van der Waals surface area contributed by atoms with Crippen molar-refractivity contribution in [3.63, 3.8) is 0 Å². The second-order valence-corrected chi connectivity index (χ2v) is 2.19. The zero-order valence-corrected chi connectivity index (χ0v) is 5.09. The first-order valence-electron chi connectivity index (χ1n) is 2.93. The van der Waals surface area contributed by atoms with Crippen LogP contribution in [0.4, 0.5) is 0 Å². The highest BCUT2D eigenvalue weighted by molar-refractivity contribution is 6.22. The molecule has 0 amide bonds. The Morgan fingerprint density at radius 1 is 1.30 bits per heavy atom. The van der Waals surface area contributed by atoms with Crippen molar-refractivity contribution < 1.29 is 14.0 Å². The number of ketones is 2. The van der Waals surface area contributed by atoms with Gasteiger partial charge in [0.1, 0.15) is 0 Å². The van der Waals surface area contributed by atoms with Crippen LogP contribution in [-0.2, 0) is 0 Å². The summed E-state index contributed by atoms with van der Waals surface area (Å²) in [5.74, 6) is -0.108. The van der Waals surface area contributed by atoms with Crippen LogP contribution < -0.4 is 0 Å². The molecular formula is C7H4O3. The summed E-state index contributed by atoms with van der Waals surface area (Å²) >= 11 is 0. The van der Waals surface area contributed by atoms with Gasteiger partial charge in [-0.2, -0.15) is 0 Å². The number of hydrogen-bond acceptors (Lipinski definition) is 3. The molecular weight excluding hydrogens is 132 g/mol. The van der Waals surface area contributed by atoms with Crippen LogP contribution in [0.25, 0.3) is 0 Å². The van der Waals surface area contributed by atoms with Gasteiger partial charge in [-0.3, -0.25) is 9.59 Å². The molecule has 1 aliphatic carbocycles. The second-order valence-electron chi connectivity index (χ2n) is 2.19. The number of rotatable bonds is 0. The minimum Gasteiger partial charge on any atom is -0.460 e. The lowest BCUT2D eigenvalue weighted by Crippen LogP contribution is -1.91. The number of furan rings is 1. The summed E-state index contributed by atoms with van der Waals surface area (Å²) in [7, 11) is 0. The third-order valence-electron chi connectivity index (χ3n) is 1.54. The third-order valence-corrected chi connectivity index (χ3v) is 1.54. The van der Waals surface area contributed by atoms with Gasteiger partial charge >= 0.3 is 0 Å². The van der Waals surface area contributed by atoms with Gasteiger partial charge in [-0.15, -0.1) is 0 Å². The molecule has 0 unspecified atom stereocenters. The van der Waals surface area contributed by atoms with Gasteiger partial charge in [0, 0.05) is 0 Å². The highest BCUT2D eigenvalue weighted by Crippen LogP contribution is 2.21. The Balaban J connectivity index is 2.69. The summed E-state index contributed by atoms with van der Waals surface area (Å²) in [4.78, 5) is 21.7. The molecule has 10 heavy (non-hydrogen) atoms. The number of hydrogen-bond donors (Lipinski definition) is 0. The Morgan fingerprint density at radius 2 is 2.10 bits per heavy atom. The van der Waals surface area contributed by atoms with Crippen LogP contribution in [-0.4, -0.2) is 11.6 Å². The second kappa shape index (κ2) is 1.56. The van der Waals surface area contributed by atoms with E-state index in [9.17, 15) is 9.59 Å². The first kappa shape index (κ1) is 5.41. The molecule has 0 radical (unpaired) electrons. The molecule has 0 bridgehead atoms. The maximum Gasteiger partial charge on any atom is 0.206 e. The van der Waals surface area contributed by atoms with Gasteiger partial charge in [-0.25, -0.2) is 0 Å². The van der Waals surface area contributed by atoms with Crippen LogP contribution in [0.3, 0.4) is 0 Å². The van der Waals surface area contributed by atoms with E-state index in [-0.39, 0.29) is 23.7 Å². The zero-order chi connectivity index (χ0) is 7.14. The highest BCUT2D eigenvalue weighted by Gasteiger charge is 2.29. The molecule has 1 heterocycles. The van der Waals surface area contributed by atoms with Crippen LogP contribution in [0.15, 0.2) is 16.7 Å². The van der Waals surface area contributed by atoms with Gasteiger partial charge in [0.05, 0.1) is 18.2 Å². The van der Waals surface area contributed by atoms with E-state index in [4.69, 9.17) is 4.42 Å². The van der Waals surface area contributed by atoms with Gasteiger partial charge in [0.25, 0.3) is 0 Å². The highest BCUT2D eigenvalue weighted by atomic mass is 16.3. The summed E-state index contributed by atoms with van der Waals surface area (Å²) in [5.41, 5.74) is 0.435. The van der Waals surface area contributed by atoms with Crippen molar-refractivity contribution in [3.8, 4) is 0 Å². The lowest BCUT2D eigenvalue weighted by Gasteiger charge is -1.78. The number of fused-ring (bicyclic) bond motifs is 1. The molecule has 0 aromatic carbocycles. The fourth-order valence-electron chi connectivity index (χ4n) is 1.07. The summed E-state index contributed by atoms with van der Waals surface area (Å²) in [5, 5.41) is 0. The van der Waals surface area contributed by atoms with Gasteiger partial charge in [0.15, 0.2) is 11.5 Å². The summed E-state index contributed by atoms with van der Waals surface area (Å²) in [6.45, 7) is 0. The minimum absolute atomic E-state index is 0.0188. The standard InChI is InChI=1S/C7H4O3/c8-5-3-6(9)7-4(5)1-2-10-7/h1-2H,3H2. The van der Waals surface area contributed by atoms with E-state index in [1.807, 2.05) is 0 Å². The average molecular weight is 136 g/mol. The Morgan fingerprint density at radius 3 is 2.80 bits per heavy atom. The van der Waals surface area contributed by atoms with Crippen LogP contribution in [0, 0.1) is 0 Å². The fourth-order valence-corrected chi connectivity index (χ4v) is 1.07. The van der Waals surface area contributed by atoms with E-state index < -0.39 is 0 Å². The quantitative estimate of drug-likeness (QED) is 0.501. The van der Waals surface area contributed by atoms with E-state index in [0.717, 1.165) is 0 Å². The molecule has 2 rings (SSSR count). The predicted molar refractivity (Wildman–Crippen MR) is 32.0 cm³/mol. The van der Waals surface area contributed by atoms with Crippen LogP contribution in [0.1, 0.15) is 27.3 Å². The molecule has 0 spiro atoms. The van der Waals surface area contributed by atoms with Gasteiger partial charge in [-0.1, -0.05) is 0 Å². The first-order chi connectivity index (χ1) is 4.79. The predicted octanol–water partition coefficient (Wildman–Crippen LogP) is 1.05. The van der Waals surface area contributed by atoms with Crippen molar-refractivity contribution in [2.45, 2.75) is 6.42 Å². The third kappa shape index (κ3) is 0.492. The monoisotopic (exact) mass is 136 g/mol. The van der Waals surface area contributed by atoms with E-state index in [2.05, 4.69) is 0 Å². The molecule has 1 aromatic rings. The van der Waals surface area contributed by atoms with Crippen molar-refractivity contribution in [1.29, 1.82) is 0 Å². The van der Waals surface area contributed by atoms with Crippen molar-refractivity contribution in [1.82, 2.24) is 0 Å². The Kier molecular flexibility index (Phi) is 0.845. The Bertz CT molecular complexity index is 280. The average Bonchev–Trinajstić information content (AvgIpc) is 2.39. The van der Waals surface area contributed by atoms with Crippen LogP contribution in [0.2, 0.25) is 0 Å². The minimum atomic E-state index is -0.204. The topological polar surface area (TPSA) is 47.3 Å². The van der Waals surface area contributed by atoms with Gasteiger partial charge in [0.2, 0.25) is 5.78 Å². The van der Waals surface area contributed by atoms with Crippen molar-refractivity contribution in [2.75, 3.05) is 0 Å². The lowest BCUT2D eigenvalue weighted by atomic mass is 10.2. The molecule has 3 heteroatoms. The first-order valence-corrected chi connectivity index (χ1v) is 2.93. The Labute approximate surface area is 56.6 Å². The maximum atomic E-state index is 10.9. The fraction of sp³-hybridized carbons (Fsp3) is 0.143. The van der Waals surface area contributed by atoms with Crippen LogP contribution in [0.5, 0.6) is 0 Å². The maximum absolute atomic E-state index is 10.9. The van der Waals surface area contributed by atoms with E-state index in [1.54, 1.807) is 0 Å². The molecule has 50 valence electrons. The van der Waals surface area contributed by atoms with Crippen molar-refractivity contribution >= 4 is 11.6 Å². The largest absolute Gasteiger partial charge is 0.460 e. The van der Waals surface area contributed by atoms with Crippen molar-refractivity contribution in [3.05, 3.63) is 23.7 Å². The van der Waals surface area contributed by atoms with E-state index in [1.165, 1.54) is 12.3 Å². The lowest BCUT2D eigenvalue weighted by molar-refractivity contribution is 0.0911. The number of carbonyl (C=O) groups is 2. The molecule has 0 atom stereocenters. The molecule has 0 aliphatic heterocycles. The van der Waals surface area contributed by atoms with Gasteiger partial charge in [-0.05, 0) is 6.07 Å². The smallest absolute Gasteiger partial charge is 0.206 e. The number of Topliss-reactive ketones (excluding diaryl/α,β-unsaturated/α-hetero) is 2. The van der Waals surface area contributed by atoms with Crippen molar-refractivity contribution in [2.24, 2.45) is 0 Å². The molecule has 0 saturated heterocycles. The molecule has 3 nitrogen and oxygen atoms in total. The molecule has 1 aliphatic rings. The summed E-state index contributed by atoms with van der Waals surface area (Å²) in [6, 6.07) is 1.53.